The highest BCUT2D eigenvalue weighted by Crippen LogP contribution is 2.17. The summed E-state index contributed by atoms with van der Waals surface area (Å²) < 4.78 is 13.7. The van der Waals surface area contributed by atoms with Crippen LogP contribution < -0.4 is 5.32 Å². The number of hydrogen-bond acceptors (Lipinski definition) is 2. The van der Waals surface area contributed by atoms with Crippen molar-refractivity contribution >= 4 is 23.6 Å². The standard InChI is InChI=1S/C14H16FNO3/c1-2-3-4-13(17)16-12-7-5-10(9-11(12)15)6-8-14(18)19/h5-9H,2-4H2,1H3,(H,16,17)(H,18,19)/b8-6+. The van der Waals surface area contributed by atoms with Crippen LogP contribution in [-0.2, 0) is 9.59 Å². The smallest absolute Gasteiger partial charge is 0.328 e. The monoisotopic (exact) mass is 265 g/mol. The summed E-state index contributed by atoms with van der Waals surface area (Å²) in [6, 6.07) is 4.13. The average molecular weight is 265 g/mol. The average Bonchev–Trinajstić information content (AvgIpc) is 2.36. The van der Waals surface area contributed by atoms with Crippen molar-refractivity contribution < 1.29 is 19.1 Å². The molecule has 0 unspecified atom stereocenters. The molecule has 0 bridgehead atoms. The number of carbonyl (C=O) groups is 2. The van der Waals surface area contributed by atoms with E-state index in [1.54, 1.807) is 0 Å². The molecule has 102 valence electrons. The van der Waals surface area contributed by atoms with Crippen molar-refractivity contribution in [2.45, 2.75) is 26.2 Å². The molecule has 0 aromatic heterocycles. The first-order valence-corrected chi connectivity index (χ1v) is 6.03. The first-order chi connectivity index (χ1) is 9.02. The highest BCUT2D eigenvalue weighted by Gasteiger charge is 2.06. The molecule has 19 heavy (non-hydrogen) atoms. The molecule has 0 fully saturated rings. The van der Waals surface area contributed by atoms with Gasteiger partial charge in [0.15, 0.2) is 0 Å². The van der Waals surface area contributed by atoms with Crippen LogP contribution in [0.2, 0.25) is 0 Å². The molecule has 1 aromatic carbocycles. The van der Waals surface area contributed by atoms with Crippen LogP contribution in [0.5, 0.6) is 0 Å². The number of rotatable bonds is 6. The lowest BCUT2D eigenvalue weighted by Gasteiger charge is -2.06. The maximum atomic E-state index is 13.7. The van der Waals surface area contributed by atoms with Gasteiger partial charge in [-0.3, -0.25) is 4.79 Å². The van der Waals surface area contributed by atoms with E-state index in [-0.39, 0.29) is 11.6 Å². The molecule has 1 amide bonds. The number of carbonyl (C=O) groups excluding carboxylic acids is 1. The van der Waals surface area contributed by atoms with E-state index < -0.39 is 11.8 Å². The molecule has 0 saturated heterocycles. The summed E-state index contributed by atoms with van der Waals surface area (Å²) in [7, 11) is 0. The first-order valence-electron chi connectivity index (χ1n) is 6.03. The molecule has 2 N–H and O–H groups in total. The fraction of sp³-hybridized carbons (Fsp3) is 0.286. The number of aliphatic carboxylic acids is 1. The number of halogens is 1. The predicted molar refractivity (Wildman–Crippen MR) is 71.2 cm³/mol. The quantitative estimate of drug-likeness (QED) is 0.777. The summed E-state index contributed by atoms with van der Waals surface area (Å²) in [6.07, 6.45) is 4.22. The largest absolute Gasteiger partial charge is 0.478 e. The number of nitrogens with one attached hydrogen (secondary N) is 1. The Balaban J connectivity index is 2.72. The van der Waals surface area contributed by atoms with Crippen LogP contribution in [0.4, 0.5) is 10.1 Å². The molecule has 0 radical (unpaired) electrons. The fourth-order valence-electron chi connectivity index (χ4n) is 1.45. The summed E-state index contributed by atoms with van der Waals surface area (Å²) in [5, 5.41) is 10.9. The Morgan fingerprint density at radius 3 is 2.74 bits per heavy atom. The lowest BCUT2D eigenvalue weighted by atomic mass is 10.1. The third-order valence-corrected chi connectivity index (χ3v) is 2.44. The molecular formula is C14H16FNO3. The van der Waals surface area contributed by atoms with E-state index >= 15 is 0 Å². The van der Waals surface area contributed by atoms with Crippen molar-refractivity contribution in [1.29, 1.82) is 0 Å². The third kappa shape index (κ3) is 5.33. The Bertz CT molecular complexity index is 497. The SMILES string of the molecule is CCCCC(=O)Nc1ccc(/C=C/C(=O)O)cc1F. The van der Waals surface area contributed by atoms with Crippen molar-refractivity contribution in [3.8, 4) is 0 Å². The lowest BCUT2D eigenvalue weighted by Crippen LogP contribution is -2.12. The van der Waals surface area contributed by atoms with Crippen molar-refractivity contribution in [3.05, 3.63) is 35.7 Å². The molecule has 0 saturated carbocycles. The highest BCUT2D eigenvalue weighted by atomic mass is 19.1. The van der Waals surface area contributed by atoms with Crippen molar-refractivity contribution in [3.63, 3.8) is 0 Å². The van der Waals surface area contributed by atoms with Gasteiger partial charge in [-0.2, -0.15) is 0 Å². The normalized spacial score (nSPS) is 10.6. The Labute approximate surface area is 110 Å². The van der Waals surface area contributed by atoms with Gasteiger partial charge in [-0.25, -0.2) is 9.18 Å². The highest BCUT2D eigenvalue weighted by molar-refractivity contribution is 5.91. The summed E-state index contributed by atoms with van der Waals surface area (Å²) in [6.45, 7) is 1.97. The van der Waals surface area contributed by atoms with Gasteiger partial charge in [-0.15, -0.1) is 0 Å². The zero-order chi connectivity index (χ0) is 14.3. The number of unbranched alkanes of at least 4 members (excludes halogenated alkanes) is 1. The van der Waals surface area contributed by atoms with E-state index in [1.807, 2.05) is 6.92 Å². The maximum Gasteiger partial charge on any atom is 0.328 e. The fourth-order valence-corrected chi connectivity index (χ4v) is 1.45. The van der Waals surface area contributed by atoms with E-state index in [0.29, 0.717) is 12.0 Å². The minimum Gasteiger partial charge on any atom is -0.478 e. The maximum absolute atomic E-state index is 13.7. The van der Waals surface area contributed by atoms with E-state index in [1.165, 1.54) is 24.3 Å². The van der Waals surface area contributed by atoms with Crippen LogP contribution in [0.3, 0.4) is 0 Å². The number of hydrogen-bond donors (Lipinski definition) is 2. The molecule has 0 aliphatic rings. The predicted octanol–water partition coefficient (Wildman–Crippen LogP) is 3.05. The molecule has 1 rings (SSSR count). The van der Waals surface area contributed by atoms with Crippen LogP contribution in [0, 0.1) is 5.82 Å². The van der Waals surface area contributed by atoms with E-state index in [9.17, 15) is 14.0 Å². The van der Waals surface area contributed by atoms with Crippen molar-refractivity contribution in [2.75, 3.05) is 5.32 Å². The Morgan fingerprint density at radius 1 is 1.42 bits per heavy atom. The second-order valence-corrected chi connectivity index (χ2v) is 4.06. The molecule has 0 heterocycles. The third-order valence-electron chi connectivity index (χ3n) is 2.44. The Hall–Kier alpha value is -2.17. The van der Waals surface area contributed by atoms with Gasteiger partial charge in [-0.05, 0) is 30.2 Å². The van der Waals surface area contributed by atoms with Gasteiger partial charge in [0.05, 0.1) is 5.69 Å². The minimum atomic E-state index is -1.10. The zero-order valence-electron chi connectivity index (χ0n) is 10.6. The molecule has 0 aliphatic carbocycles. The van der Waals surface area contributed by atoms with Crippen molar-refractivity contribution in [2.24, 2.45) is 0 Å². The molecule has 0 aliphatic heterocycles. The van der Waals surface area contributed by atoms with Gasteiger partial charge >= 0.3 is 5.97 Å². The summed E-state index contributed by atoms with van der Waals surface area (Å²) >= 11 is 0. The second kappa shape index (κ2) is 7.31. The number of carboxylic acid groups (broad SMARTS) is 1. The number of amides is 1. The van der Waals surface area contributed by atoms with Gasteiger partial charge in [0, 0.05) is 12.5 Å². The lowest BCUT2D eigenvalue weighted by molar-refractivity contribution is -0.131. The zero-order valence-corrected chi connectivity index (χ0v) is 10.6. The molecule has 4 nitrogen and oxygen atoms in total. The van der Waals surface area contributed by atoms with E-state index in [2.05, 4.69) is 5.32 Å². The van der Waals surface area contributed by atoms with Gasteiger partial charge in [-0.1, -0.05) is 19.4 Å². The Kier molecular flexibility index (Phi) is 5.73. The van der Waals surface area contributed by atoms with Gasteiger partial charge in [0.1, 0.15) is 5.82 Å². The number of carboxylic acids is 1. The van der Waals surface area contributed by atoms with E-state index in [0.717, 1.165) is 18.9 Å². The molecule has 5 heteroatoms. The van der Waals surface area contributed by atoms with E-state index in [4.69, 9.17) is 5.11 Å². The summed E-state index contributed by atoms with van der Waals surface area (Å²) in [5.74, 6) is -1.91. The minimum absolute atomic E-state index is 0.105. The van der Waals surface area contributed by atoms with Gasteiger partial charge < -0.3 is 10.4 Å². The number of anilines is 1. The summed E-state index contributed by atoms with van der Waals surface area (Å²) in [5.41, 5.74) is 0.528. The second-order valence-electron chi connectivity index (χ2n) is 4.06. The van der Waals surface area contributed by atoms with Crippen LogP contribution in [0.15, 0.2) is 24.3 Å². The first kappa shape index (κ1) is 14.9. The van der Waals surface area contributed by atoms with Crippen LogP contribution >= 0.6 is 0 Å². The van der Waals surface area contributed by atoms with Crippen molar-refractivity contribution in [1.82, 2.24) is 0 Å². The molecular weight excluding hydrogens is 249 g/mol. The van der Waals surface area contributed by atoms with Crippen LogP contribution in [0.1, 0.15) is 31.7 Å². The summed E-state index contributed by atoms with van der Waals surface area (Å²) in [4.78, 5) is 21.8. The number of benzene rings is 1. The molecule has 0 spiro atoms. The van der Waals surface area contributed by atoms with Gasteiger partial charge in [0.25, 0.3) is 0 Å². The molecule has 1 aromatic rings. The molecule has 0 atom stereocenters. The topological polar surface area (TPSA) is 66.4 Å². The van der Waals surface area contributed by atoms with Gasteiger partial charge in [0.2, 0.25) is 5.91 Å². The van der Waals surface area contributed by atoms with Crippen LogP contribution in [0.25, 0.3) is 6.08 Å². The van der Waals surface area contributed by atoms with Crippen LogP contribution in [-0.4, -0.2) is 17.0 Å². The Morgan fingerprint density at radius 2 is 2.16 bits per heavy atom.